The summed E-state index contributed by atoms with van der Waals surface area (Å²) in [6, 6.07) is 6.05. The largest absolute Gasteiger partial charge is 0.490 e. The molecule has 152 valence electrons. The summed E-state index contributed by atoms with van der Waals surface area (Å²) in [6.45, 7) is 2.44. The zero-order chi connectivity index (χ0) is 20.5. The van der Waals surface area contributed by atoms with Gasteiger partial charge in [-0.25, -0.2) is 13.9 Å². The number of anilines is 2. The van der Waals surface area contributed by atoms with E-state index in [-0.39, 0.29) is 18.3 Å². The predicted octanol–water partition coefficient (Wildman–Crippen LogP) is 3.03. The number of benzene rings is 1. The molecule has 2 atom stereocenters. The molecule has 1 saturated heterocycles. The van der Waals surface area contributed by atoms with Crippen molar-refractivity contribution in [3.05, 3.63) is 48.0 Å². The lowest BCUT2D eigenvalue weighted by Gasteiger charge is -2.28. The molecule has 0 aliphatic carbocycles. The molecule has 3 aromatic rings. The molecule has 8 nitrogen and oxygen atoms in total. The molecule has 1 aliphatic rings. The van der Waals surface area contributed by atoms with Gasteiger partial charge in [-0.05, 0) is 44.0 Å². The summed E-state index contributed by atoms with van der Waals surface area (Å²) in [4.78, 5) is 17.7. The molecule has 4 rings (SSSR count). The number of hydrogen-bond donors (Lipinski definition) is 2. The number of aromatic nitrogens is 3. The van der Waals surface area contributed by atoms with Crippen LogP contribution in [0.4, 0.5) is 15.9 Å². The van der Waals surface area contributed by atoms with Gasteiger partial charge in [0.1, 0.15) is 23.5 Å². The number of aliphatic carboxylic acids is 1. The molecule has 1 aromatic carbocycles. The van der Waals surface area contributed by atoms with E-state index in [0.29, 0.717) is 22.6 Å². The van der Waals surface area contributed by atoms with Crippen molar-refractivity contribution < 1.29 is 19.0 Å². The van der Waals surface area contributed by atoms with Crippen molar-refractivity contribution in [3.8, 4) is 5.75 Å². The maximum atomic E-state index is 14.1. The summed E-state index contributed by atoms with van der Waals surface area (Å²) in [5.74, 6) is -0.101. The Morgan fingerprint density at radius 2 is 2.28 bits per heavy atom. The molecule has 0 spiro atoms. The number of nitrogen functional groups attached to an aromatic ring is 1. The van der Waals surface area contributed by atoms with Crippen LogP contribution < -0.4 is 15.4 Å². The highest BCUT2D eigenvalue weighted by Crippen LogP contribution is 2.40. The van der Waals surface area contributed by atoms with Gasteiger partial charge in [0.15, 0.2) is 5.65 Å². The van der Waals surface area contributed by atoms with Crippen LogP contribution in [-0.4, -0.2) is 38.3 Å². The zero-order valence-electron chi connectivity index (χ0n) is 16.0. The van der Waals surface area contributed by atoms with Gasteiger partial charge in [0.05, 0.1) is 24.3 Å². The van der Waals surface area contributed by atoms with E-state index in [1.165, 1.54) is 12.1 Å². The van der Waals surface area contributed by atoms with Gasteiger partial charge < -0.3 is 20.5 Å². The third-order valence-electron chi connectivity index (χ3n) is 5.05. The second-order valence-corrected chi connectivity index (χ2v) is 7.21. The van der Waals surface area contributed by atoms with Crippen molar-refractivity contribution in [2.45, 2.75) is 38.3 Å². The number of carbonyl (C=O) groups is 1. The van der Waals surface area contributed by atoms with Gasteiger partial charge in [0.25, 0.3) is 0 Å². The third kappa shape index (κ3) is 3.80. The fraction of sp³-hybridized carbons (Fsp3) is 0.350. The smallest absolute Gasteiger partial charge is 0.307 e. The fourth-order valence-corrected chi connectivity index (χ4v) is 3.79. The first-order valence-corrected chi connectivity index (χ1v) is 9.47. The average Bonchev–Trinajstić information content (AvgIpc) is 3.29. The lowest BCUT2D eigenvalue weighted by atomic mass is 10.0. The highest BCUT2D eigenvalue weighted by molar-refractivity contribution is 5.67. The summed E-state index contributed by atoms with van der Waals surface area (Å²) in [5.41, 5.74) is 7.68. The number of nitrogens with two attached hydrogens (primary N) is 1. The number of fused-ring (bicyclic) bond motifs is 1. The third-order valence-corrected chi connectivity index (χ3v) is 5.05. The molecule has 1 unspecified atom stereocenters. The van der Waals surface area contributed by atoms with Gasteiger partial charge in [-0.2, -0.15) is 5.10 Å². The molecule has 29 heavy (non-hydrogen) atoms. The van der Waals surface area contributed by atoms with Crippen molar-refractivity contribution in [3.63, 3.8) is 0 Å². The van der Waals surface area contributed by atoms with Gasteiger partial charge in [-0.3, -0.25) is 4.79 Å². The van der Waals surface area contributed by atoms with Gasteiger partial charge in [-0.1, -0.05) is 0 Å². The maximum absolute atomic E-state index is 14.1. The van der Waals surface area contributed by atoms with Gasteiger partial charge in [-0.15, -0.1) is 0 Å². The summed E-state index contributed by atoms with van der Waals surface area (Å²) < 4.78 is 21.5. The zero-order valence-corrected chi connectivity index (χ0v) is 16.0. The first-order chi connectivity index (χ1) is 13.9. The molecule has 9 heteroatoms. The van der Waals surface area contributed by atoms with Crippen LogP contribution in [-0.2, 0) is 4.79 Å². The Morgan fingerprint density at radius 3 is 3.07 bits per heavy atom. The molecule has 0 radical (unpaired) electrons. The minimum atomic E-state index is -0.945. The van der Waals surface area contributed by atoms with Crippen LogP contribution in [0.1, 0.15) is 37.8 Å². The molecular formula is C20H22FN5O3. The number of carboxylic acid groups (broad SMARTS) is 1. The number of rotatable bonds is 6. The summed E-state index contributed by atoms with van der Waals surface area (Å²) in [5, 5.41) is 13.1. The normalized spacial score (nSPS) is 17.6. The lowest BCUT2D eigenvalue weighted by Crippen LogP contribution is -2.25. The molecule has 2 aromatic heterocycles. The van der Waals surface area contributed by atoms with E-state index in [9.17, 15) is 9.18 Å². The standard InChI is InChI=1S/C20H22FN5O3/c1-12(9-19(27)28)29-17-5-4-13(21)10-14(17)16-3-2-7-25(16)18-6-8-26-20(24-18)15(22)11-23-26/h4-6,8,10-12,16H,2-3,7,9,22H2,1H3,(H,27,28)/t12-,16?/m0/s1. The Balaban J connectivity index is 1.68. The summed E-state index contributed by atoms with van der Waals surface area (Å²) in [6.07, 6.45) is 4.38. The lowest BCUT2D eigenvalue weighted by molar-refractivity contribution is -0.138. The SMILES string of the molecule is C[C@@H](CC(=O)O)Oc1ccc(F)cc1C1CCCN1c1ccn2ncc(N)c2n1. The van der Waals surface area contributed by atoms with Crippen LogP contribution in [0.25, 0.3) is 5.65 Å². The monoisotopic (exact) mass is 399 g/mol. The quantitative estimate of drug-likeness (QED) is 0.656. The van der Waals surface area contributed by atoms with Gasteiger partial charge >= 0.3 is 5.97 Å². The van der Waals surface area contributed by atoms with E-state index in [2.05, 4.69) is 15.0 Å². The molecule has 1 fully saturated rings. The number of halogens is 1. The molecule has 0 saturated carbocycles. The minimum Gasteiger partial charge on any atom is -0.490 e. The first-order valence-electron chi connectivity index (χ1n) is 9.47. The number of nitrogens with zero attached hydrogens (tertiary/aromatic N) is 4. The van der Waals surface area contributed by atoms with Gasteiger partial charge in [0.2, 0.25) is 0 Å². The average molecular weight is 399 g/mol. The topological polar surface area (TPSA) is 106 Å². The molecule has 3 heterocycles. The molecule has 0 amide bonds. The number of ether oxygens (including phenoxy) is 1. The van der Waals surface area contributed by atoms with Crippen molar-refractivity contribution in [1.82, 2.24) is 14.6 Å². The van der Waals surface area contributed by atoms with Crippen LogP contribution in [0.15, 0.2) is 36.7 Å². The van der Waals surface area contributed by atoms with E-state index in [4.69, 9.17) is 15.6 Å². The number of hydrogen-bond acceptors (Lipinski definition) is 6. The van der Waals surface area contributed by atoms with E-state index in [1.54, 1.807) is 29.9 Å². The first kappa shape index (κ1) is 19.0. The van der Waals surface area contributed by atoms with Crippen molar-refractivity contribution in [1.29, 1.82) is 0 Å². The fourth-order valence-electron chi connectivity index (χ4n) is 3.79. The van der Waals surface area contributed by atoms with Crippen LogP contribution in [0.5, 0.6) is 5.75 Å². The predicted molar refractivity (Wildman–Crippen MR) is 105 cm³/mol. The van der Waals surface area contributed by atoms with Crippen LogP contribution >= 0.6 is 0 Å². The Hall–Kier alpha value is -3.36. The van der Waals surface area contributed by atoms with Crippen molar-refractivity contribution in [2.75, 3.05) is 17.2 Å². The van der Waals surface area contributed by atoms with E-state index >= 15 is 0 Å². The summed E-state index contributed by atoms with van der Waals surface area (Å²) >= 11 is 0. The Bertz CT molecular complexity index is 1050. The molecular weight excluding hydrogens is 377 g/mol. The number of carboxylic acids is 1. The Morgan fingerprint density at radius 1 is 1.45 bits per heavy atom. The maximum Gasteiger partial charge on any atom is 0.307 e. The van der Waals surface area contributed by atoms with Crippen LogP contribution in [0.2, 0.25) is 0 Å². The van der Waals surface area contributed by atoms with E-state index < -0.39 is 12.1 Å². The Kier molecular flexibility index (Phi) is 4.96. The highest BCUT2D eigenvalue weighted by atomic mass is 19.1. The highest BCUT2D eigenvalue weighted by Gasteiger charge is 2.30. The molecule has 0 bridgehead atoms. The summed E-state index contributed by atoms with van der Waals surface area (Å²) in [7, 11) is 0. The van der Waals surface area contributed by atoms with Gasteiger partial charge in [0, 0.05) is 18.3 Å². The second kappa shape index (κ2) is 7.57. The molecule has 1 aliphatic heterocycles. The van der Waals surface area contributed by atoms with E-state index in [1.807, 2.05) is 6.07 Å². The van der Waals surface area contributed by atoms with Crippen LogP contribution in [0, 0.1) is 5.82 Å². The molecule has 3 N–H and O–H groups in total. The minimum absolute atomic E-state index is 0.135. The van der Waals surface area contributed by atoms with Crippen LogP contribution in [0.3, 0.4) is 0 Å². The Labute approximate surface area is 166 Å². The van der Waals surface area contributed by atoms with Crippen molar-refractivity contribution >= 4 is 23.1 Å². The van der Waals surface area contributed by atoms with E-state index in [0.717, 1.165) is 25.2 Å². The second-order valence-electron chi connectivity index (χ2n) is 7.21. The van der Waals surface area contributed by atoms with Crippen molar-refractivity contribution in [2.24, 2.45) is 0 Å².